The Kier molecular flexibility index (Phi) is 7.26. The number of hydrogen-bond acceptors (Lipinski definition) is 10. The van der Waals surface area contributed by atoms with Crippen LogP contribution in [0.2, 0.25) is 0 Å². The lowest BCUT2D eigenvalue weighted by molar-refractivity contribution is -0.0204. The molecule has 16 heteroatoms. The van der Waals surface area contributed by atoms with E-state index in [1.807, 2.05) is 0 Å². The molecule has 188 valence electrons. The van der Waals surface area contributed by atoms with Crippen molar-refractivity contribution in [2.75, 3.05) is 17.8 Å². The van der Waals surface area contributed by atoms with E-state index >= 15 is 0 Å². The summed E-state index contributed by atoms with van der Waals surface area (Å²) in [5.74, 6) is -0.575. The summed E-state index contributed by atoms with van der Waals surface area (Å²) in [4.78, 5) is 36.3. The van der Waals surface area contributed by atoms with Crippen molar-refractivity contribution < 1.29 is 43.3 Å². The molecule has 6 N–H and O–H groups in total. The van der Waals surface area contributed by atoms with Crippen LogP contribution < -0.4 is 5.32 Å². The first-order chi connectivity index (χ1) is 16.0. The predicted octanol–water partition coefficient (Wildman–Crippen LogP) is 0.621. The summed E-state index contributed by atoms with van der Waals surface area (Å²) in [6.07, 6.45) is 1.78. The number of anilines is 1. The average Bonchev–Trinajstić information content (AvgIpc) is 3.46. The zero-order valence-electron chi connectivity index (χ0n) is 18.0. The van der Waals surface area contributed by atoms with Crippen molar-refractivity contribution in [3.05, 3.63) is 24.3 Å². The first kappa shape index (κ1) is 25.4. The van der Waals surface area contributed by atoms with Gasteiger partial charge in [-0.15, -0.1) is 5.10 Å². The molecule has 0 radical (unpaired) electrons. The number of aromatic nitrogens is 4. The smallest absolute Gasteiger partial charge is 0.340 e. The van der Waals surface area contributed by atoms with E-state index in [9.17, 15) is 24.2 Å². The Morgan fingerprint density at radius 3 is 2.59 bits per heavy atom. The molecule has 0 bridgehead atoms. The van der Waals surface area contributed by atoms with Gasteiger partial charge in [0.1, 0.15) is 24.4 Å². The van der Waals surface area contributed by atoms with Crippen LogP contribution in [0.3, 0.4) is 0 Å². The Balaban J connectivity index is 1.56. The maximum Gasteiger partial charge on any atom is 0.340 e. The molecule has 14 nitrogen and oxygen atoms in total. The molecule has 5 atom stereocenters. The third-order valence-electron chi connectivity index (χ3n) is 5.74. The van der Waals surface area contributed by atoms with Crippen LogP contribution in [0.1, 0.15) is 43.3 Å². The Bertz CT molecular complexity index is 1150. The van der Waals surface area contributed by atoms with Gasteiger partial charge in [-0.3, -0.25) is 9.13 Å². The van der Waals surface area contributed by atoms with Gasteiger partial charge in [-0.25, -0.2) is 14.5 Å². The van der Waals surface area contributed by atoms with Gasteiger partial charge in [0.25, 0.3) is 0 Å². The second kappa shape index (κ2) is 9.73. The number of hydrogen-bond donors (Lipinski definition) is 6. The minimum atomic E-state index is -4.81. The van der Waals surface area contributed by atoms with Crippen LogP contribution in [-0.4, -0.2) is 81.3 Å². The van der Waals surface area contributed by atoms with Crippen molar-refractivity contribution in [1.82, 2.24) is 19.6 Å². The van der Waals surface area contributed by atoms with Crippen LogP contribution in [0.5, 0.6) is 0 Å². The molecule has 2 aromatic heterocycles. The lowest BCUT2D eigenvalue weighted by atomic mass is 10.1. The number of imidazole rings is 1. The number of fused-ring (bicyclic) bond motifs is 1. The van der Waals surface area contributed by atoms with Crippen LogP contribution >= 0.6 is 15.2 Å². The Morgan fingerprint density at radius 2 is 1.94 bits per heavy atom. The van der Waals surface area contributed by atoms with Crippen LogP contribution in [0, 0.1) is 0 Å². The highest BCUT2D eigenvalue weighted by Gasteiger charge is 2.46. The summed E-state index contributed by atoms with van der Waals surface area (Å²) in [6.45, 7) is 3.02. The SMILES string of the molecule is C=Cc1nc(NC2CCCC2)c2ncc(C3OC(COP(=O)(O)CP(=O)(O)O)C(O)C3O)n2n1. The van der Waals surface area contributed by atoms with Gasteiger partial charge in [0.05, 0.1) is 18.5 Å². The third-order valence-corrected chi connectivity index (χ3v) is 9.20. The summed E-state index contributed by atoms with van der Waals surface area (Å²) in [5.41, 5.74) is 0.686. The van der Waals surface area contributed by atoms with Gasteiger partial charge >= 0.3 is 15.2 Å². The van der Waals surface area contributed by atoms with Crippen LogP contribution in [0.25, 0.3) is 11.7 Å². The molecule has 2 aromatic rings. The van der Waals surface area contributed by atoms with Gasteiger partial charge in [0.15, 0.2) is 23.2 Å². The highest BCUT2D eigenvalue weighted by atomic mass is 31.2. The molecule has 34 heavy (non-hydrogen) atoms. The van der Waals surface area contributed by atoms with E-state index in [0.717, 1.165) is 25.7 Å². The summed E-state index contributed by atoms with van der Waals surface area (Å²) in [7, 11) is -9.47. The zero-order chi connectivity index (χ0) is 24.7. The topological polar surface area (TPSA) is 209 Å². The molecule has 3 heterocycles. The molecule has 5 unspecified atom stereocenters. The van der Waals surface area contributed by atoms with Gasteiger partial charge in [-0.05, 0) is 18.9 Å². The highest BCUT2D eigenvalue weighted by molar-refractivity contribution is 7.70. The van der Waals surface area contributed by atoms with Crippen LogP contribution in [-0.2, 0) is 18.4 Å². The lowest BCUT2D eigenvalue weighted by Crippen LogP contribution is -2.33. The molecule has 0 amide bonds. The fourth-order valence-electron chi connectivity index (χ4n) is 4.15. The molecule has 1 saturated carbocycles. The number of aliphatic hydroxyl groups is 2. The lowest BCUT2D eigenvalue weighted by Gasteiger charge is -2.18. The van der Waals surface area contributed by atoms with E-state index in [-0.39, 0.29) is 6.04 Å². The van der Waals surface area contributed by atoms with Crippen molar-refractivity contribution >= 4 is 32.7 Å². The quantitative estimate of drug-likeness (QED) is 0.251. The minimum Gasteiger partial charge on any atom is -0.387 e. The van der Waals surface area contributed by atoms with E-state index in [0.29, 0.717) is 23.0 Å². The molecular formula is C18H27N5O9P2. The fourth-order valence-corrected chi connectivity index (χ4v) is 6.72. The zero-order valence-corrected chi connectivity index (χ0v) is 19.8. The standard InChI is InChI=1S/C18H27N5O9P2/c1-2-13-21-17(20-10-5-3-4-6-10)18-19-7-11(23(18)22-13)16-15(25)14(24)12(32-16)8-31-34(29,30)9-33(26,27)28/h2,7,10,12,14-16,24-25H,1,3-6,8-9H2,(H,29,30)(H,20,21,22)(H2,26,27,28). The summed E-state index contributed by atoms with van der Waals surface area (Å²) in [6, 6.07) is 0.246. The van der Waals surface area contributed by atoms with Gasteiger partial charge in [-0.1, -0.05) is 19.4 Å². The van der Waals surface area contributed by atoms with Gasteiger partial charge in [-0.2, -0.15) is 0 Å². The number of nitrogens with one attached hydrogen (secondary N) is 1. The average molecular weight is 519 g/mol. The second-order valence-electron chi connectivity index (χ2n) is 8.38. The maximum absolute atomic E-state index is 11.9. The fraction of sp³-hybridized carbons (Fsp3) is 0.611. The molecule has 4 rings (SSSR count). The van der Waals surface area contributed by atoms with Crippen molar-refractivity contribution in [2.24, 2.45) is 0 Å². The summed E-state index contributed by atoms with van der Waals surface area (Å²) >= 11 is 0. The van der Waals surface area contributed by atoms with Crippen LogP contribution in [0.4, 0.5) is 5.82 Å². The predicted molar refractivity (Wildman–Crippen MR) is 119 cm³/mol. The normalized spacial score (nSPS) is 27.8. The van der Waals surface area contributed by atoms with Crippen molar-refractivity contribution in [1.29, 1.82) is 0 Å². The van der Waals surface area contributed by atoms with E-state index in [4.69, 9.17) is 19.0 Å². The largest absolute Gasteiger partial charge is 0.387 e. The van der Waals surface area contributed by atoms with E-state index in [1.54, 1.807) is 0 Å². The van der Waals surface area contributed by atoms with Crippen molar-refractivity contribution in [2.45, 2.75) is 56.1 Å². The van der Waals surface area contributed by atoms with Gasteiger partial charge < -0.3 is 39.5 Å². The summed E-state index contributed by atoms with van der Waals surface area (Å²) in [5, 5.41) is 28.7. The summed E-state index contributed by atoms with van der Waals surface area (Å²) < 4.78 is 34.8. The Hall–Kier alpha value is -1.73. The molecule has 2 aliphatic rings. The minimum absolute atomic E-state index is 0.246. The molecule has 1 aliphatic carbocycles. The van der Waals surface area contributed by atoms with Gasteiger partial charge in [0.2, 0.25) is 0 Å². The third kappa shape index (κ3) is 5.56. The van der Waals surface area contributed by atoms with E-state index < -0.39 is 52.1 Å². The number of nitrogens with zero attached hydrogens (tertiary/aromatic N) is 4. The van der Waals surface area contributed by atoms with Crippen molar-refractivity contribution in [3.8, 4) is 0 Å². The Morgan fingerprint density at radius 1 is 1.24 bits per heavy atom. The Labute approximate surface area is 194 Å². The maximum atomic E-state index is 11.9. The van der Waals surface area contributed by atoms with E-state index in [1.165, 1.54) is 16.8 Å². The number of ether oxygens (including phenoxy) is 1. The number of rotatable bonds is 9. The molecule has 1 saturated heterocycles. The monoisotopic (exact) mass is 519 g/mol. The van der Waals surface area contributed by atoms with E-state index in [2.05, 4.69) is 27.0 Å². The first-order valence-corrected chi connectivity index (χ1v) is 14.2. The van der Waals surface area contributed by atoms with Crippen LogP contribution in [0.15, 0.2) is 12.8 Å². The first-order valence-electron chi connectivity index (χ1n) is 10.6. The molecule has 2 fully saturated rings. The molecule has 0 spiro atoms. The van der Waals surface area contributed by atoms with Gasteiger partial charge in [0, 0.05) is 6.04 Å². The highest BCUT2D eigenvalue weighted by Crippen LogP contribution is 2.55. The molecular weight excluding hydrogens is 492 g/mol. The molecule has 1 aliphatic heterocycles. The second-order valence-corrected chi connectivity index (χ2v) is 12.4. The number of aliphatic hydroxyl groups excluding tert-OH is 2. The molecule has 0 aromatic carbocycles. The van der Waals surface area contributed by atoms with Crippen molar-refractivity contribution in [3.63, 3.8) is 0 Å².